The Balaban J connectivity index is 2.81. The summed E-state index contributed by atoms with van der Waals surface area (Å²) in [6.45, 7) is 3.60. The van der Waals surface area contributed by atoms with Gasteiger partial charge in [0.15, 0.2) is 0 Å². The number of halogens is 1. The zero-order chi connectivity index (χ0) is 11.3. The van der Waals surface area contributed by atoms with Crippen LogP contribution >= 0.6 is 15.9 Å². The van der Waals surface area contributed by atoms with Gasteiger partial charge in [-0.2, -0.15) is 0 Å². The summed E-state index contributed by atoms with van der Waals surface area (Å²) in [6, 6.07) is 5.77. The molecule has 0 fully saturated rings. The van der Waals surface area contributed by atoms with Gasteiger partial charge in [-0.3, -0.25) is 0 Å². The number of hydrogen-bond acceptors (Lipinski definition) is 2. The Morgan fingerprint density at radius 3 is 2.93 bits per heavy atom. The second kappa shape index (κ2) is 5.93. The van der Waals surface area contributed by atoms with Crippen molar-refractivity contribution in [2.75, 3.05) is 7.11 Å². The number of rotatable bonds is 5. The highest BCUT2D eigenvalue weighted by Crippen LogP contribution is 2.24. The highest BCUT2D eigenvalue weighted by molar-refractivity contribution is 9.10. The molecule has 0 radical (unpaired) electrons. The lowest BCUT2D eigenvalue weighted by Crippen LogP contribution is -2.09. The van der Waals surface area contributed by atoms with E-state index in [1.165, 1.54) is 0 Å². The first kappa shape index (κ1) is 12.3. The van der Waals surface area contributed by atoms with Gasteiger partial charge < -0.3 is 9.84 Å². The van der Waals surface area contributed by atoms with Gasteiger partial charge in [0.2, 0.25) is 0 Å². The molecular formula is C12H15BrO2. The molecule has 0 bridgehead atoms. The molecule has 1 atom stereocenters. The number of hydrogen-bond donors (Lipinski definition) is 1. The van der Waals surface area contributed by atoms with Crippen LogP contribution in [0.15, 0.2) is 35.3 Å². The average molecular weight is 271 g/mol. The van der Waals surface area contributed by atoms with Crippen molar-refractivity contribution in [2.45, 2.75) is 18.9 Å². The zero-order valence-electron chi connectivity index (χ0n) is 8.74. The van der Waals surface area contributed by atoms with E-state index in [1.807, 2.05) is 18.2 Å². The molecule has 82 valence electrons. The van der Waals surface area contributed by atoms with Crippen molar-refractivity contribution in [1.29, 1.82) is 0 Å². The fraction of sp³-hybridized carbons (Fsp3) is 0.333. The first-order valence-corrected chi connectivity index (χ1v) is 5.58. The molecule has 15 heavy (non-hydrogen) atoms. The van der Waals surface area contributed by atoms with E-state index in [0.717, 1.165) is 15.8 Å². The Hall–Kier alpha value is -0.800. The molecule has 0 aliphatic heterocycles. The second-order valence-corrected chi connectivity index (χ2v) is 4.25. The van der Waals surface area contributed by atoms with Gasteiger partial charge >= 0.3 is 0 Å². The molecule has 0 spiro atoms. The molecule has 0 aromatic heterocycles. The van der Waals surface area contributed by atoms with E-state index in [2.05, 4.69) is 22.5 Å². The molecule has 1 unspecified atom stereocenters. The van der Waals surface area contributed by atoms with Crippen LogP contribution < -0.4 is 4.74 Å². The van der Waals surface area contributed by atoms with Gasteiger partial charge in [0.25, 0.3) is 0 Å². The molecule has 0 heterocycles. The van der Waals surface area contributed by atoms with E-state index in [9.17, 15) is 5.11 Å². The highest BCUT2D eigenvalue weighted by Gasteiger charge is 2.09. The van der Waals surface area contributed by atoms with Gasteiger partial charge in [0.1, 0.15) is 5.75 Å². The fourth-order valence-corrected chi connectivity index (χ4v) is 1.84. The molecule has 0 amide bonds. The van der Waals surface area contributed by atoms with Crippen LogP contribution in [0.1, 0.15) is 12.0 Å². The number of aliphatic hydroxyl groups excluding tert-OH is 1. The number of ether oxygens (including phenoxy) is 1. The normalized spacial score (nSPS) is 12.2. The van der Waals surface area contributed by atoms with Crippen molar-refractivity contribution in [3.8, 4) is 5.75 Å². The van der Waals surface area contributed by atoms with Crippen LogP contribution in [0.2, 0.25) is 0 Å². The van der Waals surface area contributed by atoms with Crippen LogP contribution in [0.4, 0.5) is 0 Å². The summed E-state index contributed by atoms with van der Waals surface area (Å²) < 4.78 is 6.21. The van der Waals surface area contributed by atoms with E-state index in [4.69, 9.17) is 4.74 Å². The predicted molar refractivity (Wildman–Crippen MR) is 65.2 cm³/mol. The van der Waals surface area contributed by atoms with Crippen molar-refractivity contribution in [2.24, 2.45) is 0 Å². The Morgan fingerprint density at radius 1 is 1.60 bits per heavy atom. The summed E-state index contributed by atoms with van der Waals surface area (Å²) >= 11 is 3.40. The number of benzene rings is 1. The molecule has 1 N–H and O–H groups in total. The highest BCUT2D eigenvalue weighted by atomic mass is 79.9. The maximum atomic E-state index is 9.67. The zero-order valence-corrected chi connectivity index (χ0v) is 10.3. The topological polar surface area (TPSA) is 29.5 Å². The summed E-state index contributed by atoms with van der Waals surface area (Å²) in [6.07, 6.45) is 2.49. The smallest absolute Gasteiger partial charge is 0.122 e. The third kappa shape index (κ3) is 3.68. The Morgan fingerprint density at radius 2 is 2.33 bits per heavy atom. The summed E-state index contributed by atoms with van der Waals surface area (Å²) in [5.74, 6) is 0.807. The lowest BCUT2D eigenvalue weighted by molar-refractivity contribution is 0.177. The molecule has 1 aromatic carbocycles. The minimum atomic E-state index is -0.398. The van der Waals surface area contributed by atoms with E-state index in [-0.39, 0.29) is 0 Å². The van der Waals surface area contributed by atoms with Crippen LogP contribution in [-0.4, -0.2) is 18.3 Å². The Labute approximate surface area is 98.7 Å². The van der Waals surface area contributed by atoms with Gasteiger partial charge in [-0.05, 0) is 30.2 Å². The number of methoxy groups -OCH3 is 1. The van der Waals surface area contributed by atoms with Crippen LogP contribution in [0, 0.1) is 0 Å². The third-order valence-corrected chi connectivity index (χ3v) is 2.63. The van der Waals surface area contributed by atoms with Crippen molar-refractivity contribution >= 4 is 15.9 Å². The summed E-state index contributed by atoms with van der Waals surface area (Å²) in [4.78, 5) is 0. The summed E-state index contributed by atoms with van der Waals surface area (Å²) in [5, 5.41) is 9.67. The fourth-order valence-electron chi connectivity index (χ4n) is 1.44. The molecule has 1 rings (SSSR count). The van der Waals surface area contributed by atoms with Crippen molar-refractivity contribution in [1.82, 2.24) is 0 Å². The quantitative estimate of drug-likeness (QED) is 0.834. The van der Waals surface area contributed by atoms with Crippen LogP contribution in [0.25, 0.3) is 0 Å². The van der Waals surface area contributed by atoms with Crippen LogP contribution in [0.3, 0.4) is 0 Å². The van der Waals surface area contributed by atoms with Crippen molar-refractivity contribution in [3.05, 3.63) is 40.9 Å². The minimum Gasteiger partial charge on any atom is -0.496 e. The predicted octanol–water partition coefficient (Wildman–Crippen LogP) is 2.94. The SMILES string of the molecule is C=CCC(O)Cc1cc(Br)ccc1OC. The van der Waals surface area contributed by atoms with Gasteiger partial charge in [0.05, 0.1) is 13.2 Å². The molecule has 3 heteroatoms. The molecule has 2 nitrogen and oxygen atoms in total. The molecule has 0 aliphatic carbocycles. The van der Waals surface area contributed by atoms with Gasteiger partial charge in [-0.1, -0.05) is 22.0 Å². The first-order valence-electron chi connectivity index (χ1n) is 4.78. The summed E-state index contributed by atoms with van der Waals surface area (Å²) in [5.41, 5.74) is 1.00. The van der Waals surface area contributed by atoms with Crippen molar-refractivity contribution in [3.63, 3.8) is 0 Å². The van der Waals surface area contributed by atoms with E-state index < -0.39 is 6.10 Å². The molecule has 0 aliphatic rings. The van der Waals surface area contributed by atoms with E-state index >= 15 is 0 Å². The van der Waals surface area contributed by atoms with Gasteiger partial charge in [-0.15, -0.1) is 6.58 Å². The first-order chi connectivity index (χ1) is 7.17. The van der Waals surface area contributed by atoms with E-state index in [1.54, 1.807) is 13.2 Å². The molecule has 0 saturated heterocycles. The minimum absolute atomic E-state index is 0.398. The van der Waals surface area contributed by atoms with Crippen LogP contribution in [0.5, 0.6) is 5.75 Å². The van der Waals surface area contributed by atoms with Gasteiger partial charge in [-0.25, -0.2) is 0 Å². The molecule has 1 aromatic rings. The lowest BCUT2D eigenvalue weighted by Gasteiger charge is -2.12. The molecule has 0 saturated carbocycles. The van der Waals surface area contributed by atoms with Gasteiger partial charge in [0, 0.05) is 10.9 Å². The van der Waals surface area contributed by atoms with E-state index in [0.29, 0.717) is 12.8 Å². The number of aliphatic hydroxyl groups is 1. The maximum absolute atomic E-state index is 9.67. The molecular weight excluding hydrogens is 256 g/mol. The summed E-state index contributed by atoms with van der Waals surface area (Å²) in [7, 11) is 1.63. The Bertz CT molecular complexity index is 336. The van der Waals surface area contributed by atoms with Crippen LogP contribution in [-0.2, 0) is 6.42 Å². The lowest BCUT2D eigenvalue weighted by atomic mass is 10.0. The monoisotopic (exact) mass is 270 g/mol. The van der Waals surface area contributed by atoms with Crippen molar-refractivity contribution < 1.29 is 9.84 Å². The standard InChI is InChI=1S/C12H15BrO2/c1-3-4-11(14)8-9-7-10(13)5-6-12(9)15-2/h3,5-7,11,14H,1,4,8H2,2H3. The average Bonchev–Trinajstić information content (AvgIpc) is 2.18. The second-order valence-electron chi connectivity index (χ2n) is 3.34. The maximum Gasteiger partial charge on any atom is 0.122 e. The third-order valence-electron chi connectivity index (χ3n) is 2.14. The largest absolute Gasteiger partial charge is 0.496 e. The Kier molecular flexibility index (Phi) is 4.85.